The Labute approximate surface area is 158 Å². The van der Waals surface area contributed by atoms with Crippen LogP contribution in [-0.4, -0.2) is 39.8 Å². The number of hydrogen-bond acceptors (Lipinski definition) is 5. The van der Waals surface area contributed by atoms with Crippen molar-refractivity contribution in [1.82, 2.24) is 0 Å². The first-order chi connectivity index (χ1) is 11.9. The van der Waals surface area contributed by atoms with E-state index in [1.54, 1.807) is 13.8 Å². The van der Waals surface area contributed by atoms with Crippen molar-refractivity contribution in [3.8, 4) is 0 Å². The molecule has 152 valence electrons. The van der Waals surface area contributed by atoms with Crippen molar-refractivity contribution in [3.63, 3.8) is 0 Å². The average Bonchev–Trinajstić information content (AvgIpc) is 2.55. The molecule has 1 rings (SSSR count). The lowest BCUT2D eigenvalue weighted by Gasteiger charge is -2.39. The zero-order valence-corrected chi connectivity index (χ0v) is 17.5. The van der Waals surface area contributed by atoms with Crippen LogP contribution in [-0.2, 0) is 14.3 Å². The number of ketones is 1. The van der Waals surface area contributed by atoms with E-state index >= 15 is 0 Å². The zero-order valence-electron chi connectivity index (χ0n) is 17.5. The molecule has 1 heterocycles. The number of aliphatic hydroxyl groups is 2. The zero-order chi connectivity index (χ0) is 20.2. The van der Waals surface area contributed by atoms with Crippen molar-refractivity contribution < 1.29 is 24.5 Å². The number of carbonyl (C=O) groups is 2. The third kappa shape index (κ3) is 5.53. The molecule has 1 aliphatic rings. The van der Waals surface area contributed by atoms with Crippen LogP contribution in [0.25, 0.3) is 0 Å². The molecular weight excluding hydrogens is 332 g/mol. The topological polar surface area (TPSA) is 83.8 Å². The molecule has 0 aliphatic carbocycles. The summed E-state index contributed by atoms with van der Waals surface area (Å²) < 4.78 is 5.57. The van der Waals surface area contributed by atoms with Gasteiger partial charge in [-0.15, -0.1) is 0 Å². The molecule has 0 saturated carbocycles. The van der Waals surface area contributed by atoms with Crippen molar-refractivity contribution in [1.29, 1.82) is 0 Å². The van der Waals surface area contributed by atoms with Gasteiger partial charge in [0.15, 0.2) is 0 Å². The SMILES string of the molecule is CC[C@H]1OC(=O)C(C)C[C@H](C)C[C@@H](C)C[C@@H](C)C(=O)C(C)C(O)[C@]1(C)O. The Balaban J connectivity index is 3.18. The monoisotopic (exact) mass is 370 g/mol. The van der Waals surface area contributed by atoms with Gasteiger partial charge in [-0.3, -0.25) is 9.59 Å². The van der Waals surface area contributed by atoms with Gasteiger partial charge < -0.3 is 14.9 Å². The van der Waals surface area contributed by atoms with Crippen LogP contribution in [0.5, 0.6) is 0 Å². The van der Waals surface area contributed by atoms with E-state index < -0.39 is 23.7 Å². The van der Waals surface area contributed by atoms with Crippen LogP contribution >= 0.6 is 0 Å². The van der Waals surface area contributed by atoms with Crippen LogP contribution in [0.2, 0.25) is 0 Å². The summed E-state index contributed by atoms with van der Waals surface area (Å²) in [5.74, 6) is -0.876. The molecule has 26 heavy (non-hydrogen) atoms. The van der Waals surface area contributed by atoms with Gasteiger partial charge in [-0.05, 0) is 44.4 Å². The molecule has 0 radical (unpaired) electrons. The molecular formula is C21H38O5. The number of carbonyl (C=O) groups excluding carboxylic acids is 2. The molecule has 0 spiro atoms. The number of rotatable bonds is 1. The first-order valence-corrected chi connectivity index (χ1v) is 10.1. The summed E-state index contributed by atoms with van der Waals surface area (Å²) in [4.78, 5) is 25.3. The Bertz CT molecular complexity index is 483. The van der Waals surface area contributed by atoms with Crippen LogP contribution < -0.4 is 0 Å². The quantitative estimate of drug-likeness (QED) is 0.692. The number of hydrogen-bond donors (Lipinski definition) is 2. The minimum Gasteiger partial charge on any atom is -0.459 e. The van der Waals surface area contributed by atoms with Crippen molar-refractivity contribution in [2.45, 2.75) is 92.0 Å². The standard InChI is InChI=1S/C21H38O5/c1-8-17-21(7,25)19(23)16(6)18(22)14(4)10-12(2)9-13(3)11-15(5)20(24)26-17/h12-17,19,23,25H,8-11H2,1-7H3/t12-,13-,14-,15?,16?,17-,19?,21-/m1/s1. The Morgan fingerprint density at radius 2 is 1.50 bits per heavy atom. The van der Waals surface area contributed by atoms with E-state index in [4.69, 9.17) is 4.74 Å². The van der Waals surface area contributed by atoms with Gasteiger partial charge in [-0.2, -0.15) is 0 Å². The molecule has 0 aromatic heterocycles. The normalized spacial score (nSPS) is 44.3. The number of cyclic esters (lactones) is 1. The highest BCUT2D eigenvalue weighted by Gasteiger charge is 2.46. The first-order valence-electron chi connectivity index (χ1n) is 10.1. The van der Waals surface area contributed by atoms with Gasteiger partial charge in [-0.25, -0.2) is 0 Å². The Hall–Kier alpha value is -0.940. The molecule has 5 nitrogen and oxygen atoms in total. The van der Waals surface area contributed by atoms with Gasteiger partial charge in [0.2, 0.25) is 0 Å². The van der Waals surface area contributed by atoms with Gasteiger partial charge >= 0.3 is 5.97 Å². The summed E-state index contributed by atoms with van der Waals surface area (Å²) in [5, 5.41) is 21.6. The first kappa shape index (κ1) is 23.1. The molecule has 8 atom stereocenters. The molecule has 3 unspecified atom stereocenters. The summed E-state index contributed by atoms with van der Waals surface area (Å²) >= 11 is 0. The smallest absolute Gasteiger partial charge is 0.309 e. The summed E-state index contributed by atoms with van der Waals surface area (Å²) in [6, 6.07) is 0. The van der Waals surface area contributed by atoms with Crippen molar-refractivity contribution >= 4 is 11.8 Å². The second-order valence-corrected chi connectivity index (χ2v) is 8.92. The van der Waals surface area contributed by atoms with E-state index in [1.165, 1.54) is 6.92 Å². The van der Waals surface area contributed by atoms with Gasteiger partial charge in [0.1, 0.15) is 17.5 Å². The number of aliphatic hydroxyl groups excluding tert-OH is 1. The van der Waals surface area contributed by atoms with E-state index in [2.05, 4.69) is 13.8 Å². The molecule has 0 aromatic rings. The van der Waals surface area contributed by atoms with Gasteiger partial charge in [0, 0.05) is 11.8 Å². The minimum absolute atomic E-state index is 0.0520. The Morgan fingerprint density at radius 1 is 1.00 bits per heavy atom. The Morgan fingerprint density at radius 3 is 2.00 bits per heavy atom. The second kappa shape index (κ2) is 9.32. The van der Waals surface area contributed by atoms with E-state index in [9.17, 15) is 19.8 Å². The van der Waals surface area contributed by atoms with Crippen molar-refractivity contribution in [2.75, 3.05) is 0 Å². The lowest BCUT2D eigenvalue weighted by Crippen LogP contribution is -2.55. The third-order valence-electron chi connectivity index (χ3n) is 6.01. The predicted octanol–water partition coefficient (Wildman–Crippen LogP) is 3.35. The van der Waals surface area contributed by atoms with Gasteiger partial charge in [0.05, 0.1) is 12.0 Å². The summed E-state index contributed by atoms with van der Waals surface area (Å²) in [5.41, 5.74) is -1.68. The lowest BCUT2D eigenvalue weighted by atomic mass is 9.77. The largest absolute Gasteiger partial charge is 0.459 e. The van der Waals surface area contributed by atoms with Gasteiger partial charge in [0.25, 0.3) is 0 Å². The molecule has 1 saturated heterocycles. The van der Waals surface area contributed by atoms with Crippen LogP contribution in [0, 0.1) is 29.6 Å². The maximum atomic E-state index is 12.8. The molecule has 1 aliphatic heterocycles. The lowest BCUT2D eigenvalue weighted by molar-refractivity contribution is -0.189. The fraction of sp³-hybridized carbons (Fsp3) is 0.905. The third-order valence-corrected chi connectivity index (χ3v) is 6.01. The fourth-order valence-electron chi connectivity index (χ4n) is 4.47. The van der Waals surface area contributed by atoms with E-state index in [1.807, 2.05) is 13.8 Å². The van der Waals surface area contributed by atoms with Crippen LogP contribution in [0.4, 0.5) is 0 Å². The summed E-state index contributed by atoms with van der Waals surface area (Å²) in [6.07, 6.45) is 0.631. The highest BCUT2D eigenvalue weighted by Crippen LogP contribution is 2.32. The minimum atomic E-state index is -1.68. The molecule has 0 amide bonds. The summed E-state index contributed by atoms with van der Waals surface area (Å²) in [7, 11) is 0. The van der Waals surface area contributed by atoms with E-state index in [0.717, 1.165) is 12.8 Å². The maximum Gasteiger partial charge on any atom is 0.309 e. The Kier molecular flexibility index (Phi) is 8.28. The molecule has 5 heteroatoms. The number of Topliss-reactive ketones (excluding diaryl/α,β-unsaturated/α-hetero) is 1. The number of esters is 1. The second-order valence-electron chi connectivity index (χ2n) is 8.92. The van der Waals surface area contributed by atoms with Crippen LogP contribution in [0.15, 0.2) is 0 Å². The van der Waals surface area contributed by atoms with E-state index in [-0.39, 0.29) is 23.6 Å². The predicted molar refractivity (Wildman–Crippen MR) is 101 cm³/mol. The highest BCUT2D eigenvalue weighted by atomic mass is 16.6. The molecule has 2 N–H and O–H groups in total. The number of ether oxygens (including phenoxy) is 1. The summed E-state index contributed by atoms with van der Waals surface area (Å²) in [6.45, 7) is 12.9. The van der Waals surface area contributed by atoms with Crippen LogP contribution in [0.1, 0.15) is 74.1 Å². The van der Waals surface area contributed by atoms with Crippen LogP contribution in [0.3, 0.4) is 0 Å². The molecule has 1 fully saturated rings. The van der Waals surface area contributed by atoms with Crippen molar-refractivity contribution in [2.24, 2.45) is 29.6 Å². The highest BCUT2D eigenvalue weighted by molar-refractivity contribution is 5.83. The van der Waals surface area contributed by atoms with Crippen molar-refractivity contribution in [3.05, 3.63) is 0 Å². The van der Waals surface area contributed by atoms with Gasteiger partial charge in [-0.1, -0.05) is 41.5 Å². The molecule has 0 aromatic carbocycles. The van der Waals surface area contributed by atoms with E-state index in [0.29, 0.717) is 24.7 Å². The maximum absolute atomic E-state index is 12.8. The molecule has 0 bridgehead atoms. The average molecular weight is 371 g/mol. The fourth-order valence-corrected chi connectivity index (χ4v) is 4.47.